The van der Waals surface area contributed by atoms with Crippen LogP contribution in [0.15, 0.2) is 55.5 Å². The van der Waals surface area contributed by atoms with Gasteiger partial charge < -0.3 is 14.3 Å². The van der Waals surface area contributed by atoms with Crippen molar-refractivity contribution in [2.24, 2.45) is 0 Å². The van der Waals surface area contributed by atoms with E-state index in [1.165, 1.54) is 24.9 Å². The van der Waals surface area contributed by atoms with E-state index < -0.39 is 11.5 Å². The SMILES string of the molecule is O.O=c1nccco1.O=c1nccco1. The lowest BCUT2D eigenvalue weighted by atomic mass is 10.7. The van der Waals surface area contributed by atoms with Gasteiger partial charge in [0.15, 0.2) is 0 Å². The number of nitrogens with zero attached hydrogens (tertiary/aromatic N) is 2. The van der Waals surface area contributed by atoms with Crippen LogP contribution in [0.2, 0.25) is 0 Å². The molecular weight excluding hydrogens is 204 g/mol. The summed E-state index contributed by atoms with van der Waals surface area (Å²) in [5.74, 6) is -1.11. The molecule has 0 spiro atoms. The standard InChI is InChI=1S/2C4H3NO2.H2O/c2*6-4-5-2-1-3-7-4;/h2*1-3H;1H2. The van der Waals surface area contributed by atoms with Gasteiger partial charge >= 0.3 is 11.5 Å². The Labute approximate surface area is 83.3 Å². The van der Waals surface area contributed by atoms with E-state index in [0.717, 1.165) is 0 Å². The summed E-state index contributed by atoms with van der Waals surface area (Å²) in [5, 5.41) is 0. The van der Waals surface area contributed by atoms with Gasteiger partial charge in [-0.3, -0.25) is 0 Å². The molecule has 0 unspecified atom stereocenters. The molecule has 0 saturated heterocycles. The summed E-state index contributed by atoms with van der Waals surface area (Å²) in [6.45, 7) is 0. The van der Waals surface area contributed by atoms with Crippen LogP contribution in [0.3, 0.4) is 0 Å². The van der Waals surface area contributed by atoms with Crippen molar-refractivity contribution in [3.63, 3.8) is 0 Å². The highest BCUT2D eigenvalue weighted by atomic mass is 16.4. The Morgan fingerprint density at radius 1 is 0.867 bits per heavy atom. The first-order valence-electron chi connectivity index (χ1n) is 3.58. The van der Waals surface area contributed by atoms with Gasteiger partial charge in [0.25, 0.3) is 0 Å². The van der Waals surface area contributed by atoms with Crippen molar-refractivity contribution >= 4 is 0 Å². The van der Waals surface area contributed by atoms with Crippen molar-refractivity contribution in [2.75, 3.05) is 0 Å². The van der Waals surface area contributed by atoms with Crippen LogP contribution >= 0.6 is 0 Å². The largest absolute Gasteiger partial charge is 0.438 e. The van der Waals surface area contributed by atoms with Gasteiger partial charge in [0.05, 0.1) is 12.5 Å². The minimum Gasteiger partial charge on any atom is -0.417 e. The molecule has 2 aromatic rings. The molecule has 0 aliphatic rings. The van der Waals surface area contributed by atoms with E-state index in [9.17, 15) is 9.59 Å². The average molecular weight is 212 g/mol. The molecule has 2 N–H and O–H groups in total. The zero-order valence-corrected chi connectivity index (χ0v) is 7.49. The summed E-state index contributed by atoms with van der Waals surface area (Å²) in [5.41, 5.74) is 0. The Hall–Kier alpha value is -2.28. The molecular formula is C8H8N2O5. The molecule has 0 saturated carbocycles. The molecule has 0 atom stereocenters. The molecule has 7 nitrogen and oxygen atoms in total. The second-order valence-electron chi connectivity index (χ2n) is 1.98. The van der Waals surface area contributed by atoms with Gasteiger partial charge in [0.1, 0.15) is 0 Å². The van der Waals surface area contributed by atoms with E-state index in [1.807, 2.05) is 0 Å². The van der Waals surface area contributed by atoms with Crippen molar-refractivity contribution in [3.8, 4) is 0 Å². The number of aromatic nitrogens is 2. The third kappa shape index (κ3) is 5.88. The van der Waals surface area contributed by atoms with Crippen LogP contribution in [0, 0.1) is 0 Å². The fourth-order valence-electron chi connectivity index (χ4n) is 0.534. The molecule has 0 fully saturated rings. The predicted molar refractivity (Wildman–Crippen MR) is 49.2 cm³/mol. The quantitative estimate of drug-likeness (QED) is 0.566. The Kier molecular flexibility index (Phi) is 6.07. The van der Waals surface area contributed by atoms with Crippen molar-refractivity contribution in [2.45, 2.75) is 0 Å². The molecule has 80 valence electrons. The van der Waals surface area contributed by atoms with Gasteiger partial charge in [-0.1, -0.05) is 0 Å². The summed E-state index contributed by atoms with van der Waals surface area (Å²) in [7, 11) is 0. The van der Waals surface area contributed by atoms with E-state index in [-0.39, 0.29) is 5.48 Å². The summed E-state index contributed by atoms with van der Waals surface area (Å²) in [6.07, 6.45) is 5.34. The highest BCUT2D eigenvalue weighted by molar-refractivity contribution is 4.71. The smallest absolute Gasteiger partial charge is 0.417 e. The first kappa shape index (κ1) is 12.7. The average Bonchev–Trinajstić information content (AvgIpc) is 2.21. The van der Waals surface area contributed by atoms with Crippen LogP contribution in [-0.2, 0) is 0 Å². The van der Waals surface area contributed by atoms with Gasteiger partial charge in [-0.15, -0.1) is 0 Å². The minimum atomic E-state index is -0.553. The fraction of sp³-hybridized carbons (Fsp3) is 0. The van der Waals surface area contributed by atoms with E-state index in [1.54, 1.807) is 12.1 Å². The number of hydrogen-bond acceptors (Lipinski definition) is 6. The molecule has 0 bridgehead atoms. The maximum atomic E-state index is 9.99. The zero-order chi connectivity index (χ0) is 10.2. The van der Waals surface area contributed by atoms with E-state index in [4.69, 9.17) is 0 Å². The first-order valence-corrected chi connectivity index (χ1v) is 3.58. The first-order chi connectivity index (χ1) is 6.79. The lowest BCUT2D eigenvalue weighted by molar-refractivity contribution is 0.483. The minimum absolute atomic E-state index is 0. The second kappa shape index (κ2) is 7.15. The molecule has 0 aliphatic carbocycles. The van der Waals surface area contributed by atoms with Crippen LogP contribution in [0.5, 0.6) is 0 Å². The van der Waals surface area contributed by atoms with E-state index in [0.29, 0.717) is 0 Å². The monoisotopic (exact) mass is 212 g/mol. The molecule has 2 heterocycles. The number of rotatable bonds is 0. The van der Waals surface area contributed by atoms with Gasteiger partial charge in [-0.2, -0.15) is 9.97 Å². The van der Waals surface area contributed by atoms with Gasteiger partial charge in [0, 0.05) is 12.4 Å². The molecule has 2 rings (SSSR count). The highest BCUT2D eigenvalue weighted by Gasteiger charge is 1.74. The zero-order valence-electron chi connectivity index (χ0n) is 7.49. The topological polar surface area (TPSA) is 118 Å². The van der Waals surface area contributed by atoms with Gasteiger partial charge in [-0.05, 0) is 12.1 Å². The molecule has 7 heteroatoms. The van der Waals surface area contributed by atoms with E-state index >= 15 is 0 Å². The van der Waals surface area contributed by atoms with Crippen LogP contribution < -0.4 is 11.5 Å². The van der Waals surface area contributed by atoms with Gasteiger partial charge in [0.2, 0.25) is 0 Å². The Morgan fingerprint density at radius 3 is 1.40 bits per heavy atom. The van der Waals surface area contributed by atoms with Crippen LogP contribution in [0.4, 0.5) is 0 Å². The highest BCUT2D eigenvalue weighted by Crippen LogP contribution is 1.67. The molecule has 0 radical (unpaired) electrons. The molecule has 0 amide bonds. The lowest BCUT2D eigenvalue weighted by Crippen LogP contribution is -1.98. The second-order valence-corrected chi connectivity index (χ2v) is 1.98. The van der Waals surface area contributed by atoms with Crippen molar-refractivity contribution < 1.29 is 14.3 Å². The summed E-state index contributed by atoms with van der Waals surface area (Å²) < 4.78 is 8.52. The molecule has 2 aromatic heterocycles. The van der Waals surface area contributed by atoms with Gasteiger partial charge in [-0.25, -0.2) is 9.59 Å². The lowest BCUT2D eigenvalue weighted by Gasteiger charge is -1.71. The maximum absolute atomic E-state index is 9.99. The predicted octanol–water partition coefficient (Wildman–Crippen LogP) is -0.755. The molecule has 0 aromatic carbocycles. The molecule has 0 aliphatic heterocycles. The summed E-state index contributed by atoms with van der Waals surface area (Å²) >= 11 is 0. The van der Waals surface area contributed by atoms with Crippen molar-refractivity contribution in [1.29, 1.82) is 0 Å². The summed E-state index contributed by atoms with van der Waals surface area (Å²) in [4.78, 5) is 26.5. The summed E-state index contributed by atoms with van der Waals surface area (Å²) in [6, 6.07) is 3.09. The Balaban J connectivity index is 0.000000245. The molecule has 15 heavy (non-hydrogen) atoms. The Bertz CT molecular complexity index is 398. The third-order valence-corrected chi connectivity index (χ3v) is 1.03. The Morgan fingerprint density at radius 2 is 1.27 bits per heavy atom. The van der Waals surface area contributed by atoms with Crippen molar-refractivity contribution in [3.05, 3.63) is 58.2 Å². The third-order valence-electron chi connectivity index (χ3n) is 1.03. The van der Waals surface area contributed by atoms with Crippen LogP contribution in [0.1, 0.15) is 0 Å². The van der Waals surface area contributed by atoms with E-state index in [2.05, 4.69) is 18.8 Å². The van der Waals surface area contributed by atoms with Crippen molar-refractivity contribution in [1.82, 2.24) is 9.97 Å². The van der Waals surface area contributed by atoms with Crippen LogP contribution in [0.25, 0.3) is 0 Å². The van der Waals surface area contributed by atoms with Crippen LogP contribution in [-0.4, -0.2) is 15.4 Å². The normalized spacial score (nSPS) is 8.00. The number of hydrogen-bond donors (Lipinski definition) is 0. The fourth-order valence-corrected chi connectivity index (χ4v) is 0.534. The maximum Gasteiger partial charge on any atom is 0.438 e.